The Morgan fingerprint density at radius 3 is 2.73 bits per heavy atom. The number of nitrogens with one attached hydrogen (secondary N) is 1. The minimum Gasteiger partial charge on any atom is -0.366 e. The molecule has 1 aromatic carbocycles. The Hall–Kier alpha value is -2.73. The predicted molar refractivity (Wildman–Crippen MR) is 103 cm³/mol. The van der Waals surface area contributed by atoms with Gasteiger partial charge in [-0.1, -0.05) is 37.1 Å². The van der Waals surface area contributed by atoms with Gasteiger partial charge in [0, 0.05) is 11.2 Å². The first-order chi connectivity index (χ1) is 12.5. The van der Waals surface area contributed by atoms with E-state index in [0.29, 0.717) is 22.4 Å². The second kappa shape index (κ2) is 7.66. The standard InChI is InChI=1S/C19H20ClN5O/c1-3-4-15(12-5-6-14(20)11(2)9-12)25-19-17-16(23-10-24-19)13(18(21)26)7-8-22-17/h5-10,15H,3-4H2,1-2H3,(H2,21,26)(H,23,24,25)/t15-/m1/s1. The number of hydrogen-bond donors (Lipinski definition) is 2. The van der Waals surface area contributed by atoms with Crippen LogP contribution in [0.1, 0.15) is 47.3 Å². The second-order valence-corrected chi connectivity index (χ2v) is 6.54. The maximum absolute atomic E-state index is 11.6. The molecule has 3 N–H and O–H groups in total. The van der Waals surface area contributed by atoms with E-state index in [1.54, 1.807) is 6.07 Å². The maximum atomic E-state index is 11.6. The number of aryl methyl sites for hydroxylation is 1. The number of amides is 1. The van der Waals surface area contributed by atoms with Gasteiger partial charge in [0.05, 0.1) is 11.6 Å². The van der Waals surface area contributed by atoms with Crippen LogP contribution in [0.5, 0.6) is 0 Å². The lowest BCUT2D eigenvalue weighted by Gasteiger charge is -2.20. The van der Waals surface area contributed by atoms with Crippen LogP contribution in [0.15, 0.2) is 36.8 Å². The Morgan fingerprint density at radius 2 is 2.04 bits per heavy atom. The van der Waals surface area contributed by atoms with Crippen molar-refractivity contribution in [1.82, 2.24) is 15.0 Å². The van der Waals surface area contributed by atoms with Crippen molar-refractivity contribution >= 4 is 34.4 Å². The average molecular weight is 370 g/mol. The molecule has 0 bridgehead atoms. The predicted octanol–water partition coefficient (Wildman–Crippen LogP) is 4.04. The highest BCUT2D eigenvalue weighted by Crippen LogP contribution is 2.29. The molecule has 7 heteroatoms. The summed E-state index contributed by atoms with van der Waals surface area (Å²) in [6.07, 6.45) is 4.84. The fourth-order valence-electron chi connectivity index (χ4n) is 2.93. The minimum atomic E-state index is -0.541. The van der Waals surface area contributed by atoms with E-state index in [0.717, 1.165) is 29.0 Å². The molecule has 3 aromatic rings. The van der Waals surface area contributed by atoms with E-state index in [1.807, 2.05) is 19.1 Å². The molecule has 6 nitrogen and oxygen atoms in total. The number of anilines is 1. The van der Waals surface area contributed by atoms with E-state index in [2.05, 4.69) is 33.3 Å². The molecule has 0 aliphatic rings. The van der Waals surface area contributed by atoms with Gasteiger partial charge in [-0.15, -0.1) is 0 Å². The van der Waals surface area contributed by atoms with Crippen molar-refractivity contribution in [2.24, 2.45) is 5.73 Å². The van der Waals surface area contributed by atoms with Crippen LogP contribution in [-0.2, 0) is 0 Å². The number of rotatable bonds is 6. The summed E-state index contributed by atoms with van der Waals surface area (Å²) in [5, 5.41) is 4.18. The van der Waals surface area contributed by atoms with E-state index >= 15 is 0 Å². The van der Waals surface area contributed by atoms with Gasteiger partial charge in [-0.25, -0.2) is 9.97 Å². The van der Waals surface area contributed by atoms with Crippen LogP contribution >= 0.6 is 11.6 Å². The monoisotopic (exact) mass is 369 g/mol. The summed E-state index contributed by atoms with van der Waals surface area (Å²) in [4.78, 5) is 24.5. The Morgan fingerprint density at radius 1 is 1.23 bits per heavy atom. The number of nitrogens with zero attached hydrogens (tertiary/aromatic N) is 3. The van der Waals surface area contributed by atoms with Crippen LogP contribution in [-0.4, -0.2) is 20.9 Å². The zero-order valence-corrected chi connectivity index (χ0v) is 15.4. The van der Waals surface area contributed by atoms with Crippen LogP contribution in [0.4, 0.5) is 5.82 Å². The van der Waals surface area contributed by atoms with Crippen LogP contribution in [0, 0.1) is 6.92 Å². The molecule has 0 aliphatic carbocycles. The van der Waals surface area contributed by atoms with Gasteiger partial charge in [-0.2, -0.15) is 0 Å². The highest BCUT2D eigenvalue weighted by Gasteiger charge is 2.17. The van der Waals surface area contributed by atoms with Crippen LogP contribution < -0.4 is 11.1 Å². The van der Waals surface area contributed by atoms with Crippen molar-refractivity contribution in [1.29, 1.82) is 0 Å². The van der Waals surface area contributed by atoms with Crippen molar-refractivity contribution in [3.63, 3.8) is 0 Å². The number of aromatic nitrogens is 3. The maximum Gasteiger partial charge on any atom is 0.251 e. The largest absolute Gasteiger partial charge is 0.366 e. The second-order valence-electron chi connectivity index (χ2n) is 6.14. The van der Waals surface area contributed by atoms with Crippen molar-refractivity contribution in [2.45, 2.75) is 32.7 Å². The molecule has 134 valence electrons. The summed E-state index contributed by atoms with van der Waals surface area (Å²) in [5.74, 6) is 0.0321. The quantitative estimate of drug-likeness (QED) is 0.683. The number of fused-ring (bicyclic) bond motifs is 1. The molecule has 0 radical (unpaired) electrons. The molecule has 3 rings (SSSR count). The number of primary amides is 1. The minimum absolute atomic E-state index is 0.0353. The average Bonchev–Trinajstić information content (AvgIpc) is 2.63. The summed E-state index contributed by atoms with van der Waals surface area (Å²) >= 11 is 6.15. The van der Waals surface area contributed by atoms with E-state index in [9.17, 15) is 4.79 Å². The molecule has 0 aliphatic heterocycles. The molecule has 0 saturated carbocycles. The fourth-order valence-corrected chi connectivity index (χ4v) is 3.05. The van der Waals surface area contributed by atoms with Crippen molar-refractivity contribution in [3.8, 4) is 0 Å². The summed E-state index contributed by atoms with van der Waals surface area (Å²) in [5.41, 5.74) is 8.88. The lowest BCUT2D eigenvalue weighted by Crippen LogP contribution is -2.15. The Labute approximate surface area is 156 Å². The van der Waals surface area contributed by atoms with Gasteiger partial charge >= 0.3 is 0 Å². The number of hydrogen-bond acceptors (Lipinski definition) is 5. The first kappa shape index (κ1) is 18.1. The Balaban J connectivity index is 2.03. The van der Waals surface area contributed by atoms with Crippen molar-refractivity contribution in [3.05, 3.63) is 58.5 Å². The van der Waals surface area contributed by atoms with Crippen molar-refractivity contribution < 1.29 is 4.79 Å². The molecule has 0 spiro atoms. The fraction of sp³-hybridized carbons (Fsp3) is 0.263. The SMILES string of the molecule is CCC[C@@H](Nc1ncnc2c(C(N)=O)ccnc12)c1ccc(Cl)c(C)c1. The summed E-state index contributed by atoms with van der Waals surface area (Å²) in [7, 11) is 0. The van der Waals surface area contributed by atoms with Gasteiger partial charge in [0.2, 0.25) is 0 Å². The Bertz CT molecular complexity index is 960. The number of pyridine rings is 1. The smallest absolute Gasteiger partial charge is 0.251 e. The first-order valence-corrected chi connectivity index (χ1v) is 8.81. The van der Waals surface area contributed by atoms with Crippen LogP contribution in [0.3, 0.4) is 0 Å². The molecular formula is C19H20ClN5O. The molecule has 0 fully saturated rings. The van der Waals surface area contributed by atoms with E-state index in [4.69, 9.17) is 17.3 Å². The molecule has 1 amide bonds. The van der Waals surface area contributed by atoms with Gasteiger partial charge in [-0.05, 0) is 36.6 Å². The van der Waals surface area contributed by atoms with E-state index < -0.39 is 5.91 Å². The third-order valence-electron chi connectivity index (χ3n) is 4.26. The molecular weight excluding hydrogens is 350 g/mol. The van der Waals surface area contributed by atoms with Crippen LogP contribution in [0.2, 0.25) is 5.02 Å². The van der Waals surface area contributed by atoms with Gasteiger partial charge in [0.25, 0.3) is 5.91 Å². The van der Waals surface area contributed by atoms with Crippen molar-refractivity contribution in [2.75, 3.05) is 5.32 Å². The lowest BCUT2D eigenvalue weighted by molar-refractivity contribution is 0.100. The molecule has 2 heterocycles. The zero-order valence-electron chi connectivity index (χ0n) is 14.7. The molecule has 0 saturated heterocycles. The Kier molecular flexibility index (Phi) is 5.32. The molecule has 26 heavy (non-hydrogen) atoms. The third-order valence-corrected chi connectivity index (χ3v) is 4.68. The van der Waals surface area contributed by atoms with Gasteiger partial charge < -0.3 is 11.1 Å². The summed E-state index contributed by atoms with van der Waals surface area (Å²) in [6.45, 7) is 4.11. The first-order valence-electron chi connectivity index (χ1n) is 8.43. The molecule has 1 atom stereocenters. The number of halogens is 1. The number of benzene rings is 1. The summed E-state index contributed by atoms with van der Waals surface area (Å²) < 4.78 is 0. The van der Waals surface area contributed by atoms with E-state index in [1.165, 1.54) is 12.5 Å². The van der Waals surface area contributed by atoms with E-state index in [-0.39, 0.29) is 6.04 Å². The van der Waals surface area contributed by atoms with Gasteiger partial charge in [-0.3, -0.25) is 9.78 Å². The lowest BCUT2D eigenvalue weighted by atomic mass is 10.0. The highest BCUT2D eigenvalue weighted by atomic mass is 35.5. The zero-order chi connectivity index (χ0) is 18.7. The molecule has 2 aromatic heterocycles. The topological polar surface area (TPSA) is 93.8 Å². The highest BCUT2D eigenvalue weighted by molar-refractivity contribution is 6.31. The van der Waals surface area contributed by atoms with Crippen LogP contribution in [0.25, 0.3) is 11.0 Å². The molecule has 0 unspecified atom stereocenters. The third kappa shape index (κ3) is 3.60. The van der Waals surface area contributed by atoms with Gasteiger partial charge in [0.1, 0.15) is 17.4 Å². The normalized spacial score (nSPS) is 12.1. The summed E-state index contributed by atoms with van der Waals surface area (Å²) in [6, 6.07) is 7.58. The number of nitrogens with two attached hydrogens (primary N) is 1. The van der Waals surface area contributed by atoms with Gasteiger partial charge in [0.15, 0.2) is 5.82 Å². The number of carbonyl (C=O) groups is 1. The number of carbonyl (C=O) groups excluding carboxylic acids is 1.